The van der Waals surface area contributed by atoms with Gasteiger partial charge in [-0.25, -0.2) is 13.1 Å². The van der Waals surface area contributed by atoms with Gasteiger partial charge in [-0.15, -0.1) is 0 Å². The van der Waals surface area contributed by atoms with Gasteiger partial charge in [0, 0.05) is 13.1 Å². The van der Waals surface area contributed by atoms with Crippen molar-refractivity contribution >= 4 is 22.0 Å². The maximum atomic E-state index is 11.9. The van der Waals surface area contributed by atoms with E-state index >= 15 is 0 Å². The topological polar surface area (TPSA) is 124 Å². The fourth-order valence-corrected chi connectivity index (χ4v) is 2.66. The van der Waals surface area contributed by atoms with Gasteiger partial charge in [0.15, 0.2) is 0 Å². The number of sulfonamides is 1. The molecule has 0 aliphatic carbocycles. The second-order valence-electron chi connectivity index (χ2n) is 4.21. The highest BCUT2D eigenvalue weighted by atomic mass is 32.2. The summed E-state index contributed by atoms with van der Waals surface area (Å²) in [6.07, 6.45) is 0. The monoisotopic (exact) mass is 316 g/mol. The van der Waals surface area contributed by atoms with E-state index in [4.69, 9.17) is 10.2 Å². The first-order chi connectivity index (χ1) is 9.81. The van der Waals surface area contributed by atoms with E-state index in [9.17, 15) is 18.0 Å². The van der Waals surface area contributed by atoms with E-state index in [-0.39, 0.29) is 18.0 Å². The van der Waals surface area contributed by atoms with Crippen molar-refractivity contribution in [2.45, 2.75) is 4.90 Å². The Morgan fingerprint density at radius 3 is 2.05 bits per heavy atom. The fourth-order valence-electron chi connectivity index (χ4n) is 1.62. The number of carboxylic acid groups (broad SMARTS) is 2. The number of hydrogen-bond donors (Lipinski definition) is 3. The van der Waals surface area contributed by atoms with E-state index in [1.54, 1.807) is 18.2 Å². The van der Waals surface area contributed by atoms with E-state index in [0.717, 1.165) is 4.90 Å². The maximum absolute atomic E-state index is 11.9. The zero-order valence-corrected chi connectivity index (χ0v) is 11.9. The number of aliphatic carboxylic acids is 2. The fraction of sp³-hybridized carbons (Fsp3) is 0.333. The molecule has 0 radical (unpaired) electrons. The average molecular weight is 316 g/mol. The number of carbonyl (C=O) groups is 2. The Kier molecular flexibility index (Phi) is 6.28. The summed E-state index contributed by atoms with van der Waals surface area (Å²) in [7, 11) is -3.68. The molecular formula is C12H16N2O6S. The van der Waals surface area contributed by atoms with E-state index in [1.807, 2.05) is 0 Å². The van der Waals surface area contributed by atoms with Crippen LogP contribution in [-0.4, -0.2) is 61.6 Å². The van der Waals surface area contributed by atoms with Crippen LogP contribution in [0.1, 0.15) is 0 Å². The van der Waals surface area contributed by atoms with Crippen LogP contribution < -0.4 is 4.72 Å². The number of nitrogens with one attached hydrogen (secondary N) is 1. The van der Waals surface area contributed by atoms with Crippen molar-refractivity contribution in [1.82, 2.24) is 9.62 Å². The third kappa shape index (κ3) is 6.34. The molecule has 3 N–H and O–H groups in total. The minimum absolute atomic E-state index is 0.0232. The standard InChI is InChI=1S/C12H16N2O6S/c15-11(16)8-14(9-12(17)18)7-6-13-21(19,20)10-4-2-1-3-5-10/h1-5,13H,6-9H2,(H,15,16)(H,17,18). The summed E-state index contributed by atoms with van der Waals surface area (Å²) in [4.78, 5) is 22.4. The van der Waals surface area contributed by atoms with Gasteiger partial charge in [0.05, 0.1) is 18.0 Å². The number of hydrogen-bond acceptors (Lipinski definition) is 5. The molecule has 1 aromatic rings. The van der Waals surface area contributed by atoms with Crippen LogP contribution in [0.2, 0.25) is 0 Å². The van der Waals surface area contributed by atoms with Crippen molar-refractivity contribution in [2.75, 3.05) is 26.2 Å². The van der Waals surface area contributed by atoms with Crippen LogP contribution in [0.15, 0.2) is 35.2 Å². The van der Waals surface area contributed by atoms with Gasteiger partial charge in [-0.3, -0.25) is 14.5 Å². The molecule has 0 aromatic heterocycles. The van der Waals surface area contributed by atoms with E-state index in [1.165, 1.54) is 12.1 Å². The highest BCUT2D eigenvalue weighted by Gasteiger charge is 2.16. The van der Waals surface area contributed by atoms with Crippen molar-refractivity contribution < 1.29 is 28.2 Å². The Morgan fingerprint density at radius 1 is 1.05 bits per heavy atom. The Labute approximate surface area is 122 Å². The summed E-state index contributed by atoms with van der Waals surface area (Å²) < 4.78 is 26.1. The lowest BCUT2D eigenvalue weighted by Crippen LogP contribution is -2.40. The third-order valence-corrected chi connectivity index (χ3v) is 3.97. The summed E-state index contributed by atoms with van der Waals surface area (Å²) in [5.74, 6) is -2.36. The number of benzene rings is 1. The first-order valence-corrected chi connectivity index (χ1v) is 7.50. The number of nitrogens with zero attached hydrogens (tertiary/aromatic N) is 1. The van der Waals surface area contributed by atoms with Crippen LogP contribution >= 0.6 is 0 Å². The highest BCUT2D eigenvalue weighted by Crippen LogP contribution is 2.06. The lowest BCUT2D eigenvalue weighted by molar-refractivity contribution is -0.141. The SMILES string of the molecule is O=C(O)CN(CCNS(=O)(=O)c1ccccc1)CC(=O)O. The van der Waals surface area contributed by atoms with E-state index < -0.39 is 35.1 Å². The van der Waals surface area contributed by atoms with Crippen molar-refractivity contribution in [2.24, 2.45) is 0 Å². The molecule has 0 spiro atoms. The lowest BCUT2D eigenvalue weighted by atomic mass is 10.4. The molecule has 0 aliphatic heterocycles. The molecule has 1 rings (SSSR count). The van der Waals surface area contributed by atoms with Crippen molar-refractivity contribution in [3.8, 4) is 0 Å². The Bertz CT molecular complexity index is 571. The van der Waals surface area contributed by atoms with Gasteiger partial charge in [-0.05, 0) is 12.1 Å². The Morgan fingerprint density at radius 2 is 1.57 bits per heavy atom. The number of carboxylic acids is 2. The molecule has 0 amide bonds. The molecule has 0 aliphatic rings. The minimum atomic E-state index is -3.68. The molecule has 0 unspecified atom stereocenters. The second-order valence-corrected chi connectivity index (χ2v) is 5.98. The van der Waals surface area contributed by atoms with Crippen LogP contribution in [0.5, 0.6) is 0 Å². The van der Waals surface area contributed by atoms with E-state index in [2.05, 4.69) is 4.72 Å². The predicted octanol–water partition coefficient (Wildman–Crippen LogP) is -0.564. The zero-order valence-electron chi connectivity index (χ0n) is 11.1. The van der Waals surface area contributed by atoms with Gasteiger partial charge in [0.25, 0.3) is 0 Å². The van der Waals surface area contributed by atoms with Crippen LogP contribution in [-0.2, 0) is 19.6 Å². The zero-order chi connectivity index (χ0) is 15.9. The van der Waals surface area contributed by atoms with Crippen LogP contribution in [0.4, 0.5) is 0 Å². The Balaban J connectivity index is 2.57. The normalized spacial score (nSPS) is 11.5. The van der Waals surface area contributed by atoms with Crippen molar-refractivity contribution in [1.29, 1.82) is 0 Å². The predicted molar refractivity (Wildman–Crippen MR) is 73.3 cm³/mol. The molecule has 9 heteroatoms. The molecule has 8 nitrogen and oxygen atoms in total. The molecule has 116 valence electrons. The van der Waals surface area contributed by atoms with Crippen LogP contribution in [0, 0.1) is 0 Å². The average Bonchev–Trinajstić information content (AvgIpc) is 2.38. The summed E-state index contributed by atoms with van der Waals surface area (Å²) in [5, 5.41) is 17.3. The molecule has 0 fully saturated rings. The summed E-state index contributed by atoms with van der Waals surface area (Å²) in [6, 6.07) is 7.69. The van der Waals surface area contributed by atoms with Gasteiger partial charge in [0.2, 0.25) is 10.0 Å². The van der Waals surface area contributed by atoms with Gasteiger partial charge in [-0.1, -0.05) is 18.2 Å². The molecule has 0 saturated carbocycles. The first kappa shape index (κ1) is 17.1. The largest absolute Gasteiger partial charge is 0.480 e. The molecule has 0 heterocycles. The molecule has 0 bridgehead atoms. The maximum Gasteiger partial charge on any atom is 0.317 e. The van der Waals surface area contributed by atoms with Gasteiger partial charge in [0.1, 0.15) is 0 Å². The Hall–Kier alpha value is -1.97. The summed E-state index contributed by atoms with van der Waals surface area (Å²) in [5.41, 5.74) is 0. The van der Waals surface area contributed by atoms with Crippen LogP contribution in [0.25, 0.3) is 0 Å². The molecule has 1 aromatic carbocycles. The minimum Gasteiger partial charge on any atom is -0.480 e. The third-order valence-electron chi connectivity index (χ3n) is 2.49. The van der Waals surface area contributed by atoms with Crippen molar-refractivity contribution in [3.05, 3.63) is 30.3 Å². The number of rotatable bonds is 9. The first-order valence-electron chi connectivity index (χ1n) is 6.02. The van der Waals surface area contributed by atoms with E-state index in [0.29, 0.717) is 0 Å². The van der Waals surface area contributed by atoms with Gasteiger partial charge < -0.3 is 10.2 Å². The second kappa shape index (κ2) is 7.72. The van der Waals surface area contributed by atoms with Crippen LogP contribution in [0.3, 0.4) is 0 Å². The van der Waals surface area contributed by atoms with Crippen molar-refractivity contribution in [3.63, 3.8) is 0 Å². The summed E-state index contributed by atoms with van der Waals surface area (Å²) >= 11 is 0. The summed E-state index contributed by atoms with van der Waals surface area (Å²) in [6.45, 7) is -1.05. The molecule has 0 saturated heterocycles. The molecule has 21 heavy (non-hydrogen) atoms. The highest BCUT2D eigenvalue weighted by molar-refractivity contribution is 7.89. The smallest absolute Gasteiger partial charge is 0.317 e. The quantitative estimate of drug-likeness (QED) is 0.557. The van der Waals surface area contributed by atoms with Gasteiger partial charge >= 0.3 is 11.9 Å². The molecular weight excluding hydrogens is 300 g/mol. The van der Waals surface area contributed by atoms with Gasteiger partial charge in [-0.2, -0.15) is 0 Å². The molecule has 0 atom stereocenters. The lowest BCUT2D eigenvalue weighted by Gasteiger charge is -2.18.